The number of hydrogen-bond donors (Lipinski definition) is 1. The van der Waals surface area contributed by atoms with Crippen LogP contribution >= 0.6 is 0 Å². The van der Waals surface area contributed by atoms with Gasteiger partial charge in [0.2, 0.25) is 0 Å². The van der Waals surface area contributed by atoms with Crippen molar-refractivity contribution in [1.29, 1.82) is 0 Å². The molecule has 0 fully saturated rings. The molecule has 0 aliphatic heterocycles. The zero-order valence-electron chi connectivity index (χ0n) is 10.3. The molecule has 0 amide bonds. The lowest BCUT2D eigenvalue weighted by molar-refractivity contribution is 0.129. The number of ether oxygens (including phenoxy) is 1. The molecule has 2 nitrogen and oxygen atoms in total. The molecular formula is C12H27NO. The first-order valence-electron chi connectivity index (χ1n) is 6.01. The van der Waals surface area contributed by atoms with Gasteiger partial charge in [0.1, 0.15) is 0 Å². The van der Waals surface area contributed by atoms with Crippen molar-refractivity contribution >= 4 is 0 Å². The Balaban J connectivity index is 3.54. The lowest BCUT2D eigenvalue weighted by Gasteiger charge is -2.18. The molecule has 0 rings (SSSR count). The Labute approximate surface area is 89.4 Å². The van der Waals surface area contributed by atoms with Crippen molar-refractivity contribution in [3.8, 4) is 0 Å². The van der Waals surface area contributed by atoms with Crippen LogP contribution in [0.4, 0.5) is 0 Å². The highest BCUT2D eigenvalue weighted by Gasteiger charge is 2.07. The maximum Gasteiger partial charge on any atom is 0.0469 e. The first-order valence-corrected chi connectivity index (χ1v) is 6.01. The Hall–Kier alpha value is -0.0800. The first-order chi connectivity index (χ1) is 6.70. The average Bonchev–Trinajstić information content (AvgIpc) is 2.14. The minimum atomic E-state index is 0.599. The van der Waals surface area contributed by atoms with Gasteiger partial charge in [-0.15, -0.1) is 0 Å². The van der Waals surface area contributed by atoms with Gasteiger partial charge < -0.3 is 10.1 Å². The maximum absolute atomic E-state index is 5.39. The van der Waals surface area contributed by atoms with Gasteiger partial charge in [0, 0.05) is 19.3 Å². The van der Waals surface area contributed by atoms with Crippen molar-refractivity contribution in [1.82, 2.24) is 5.32 Å². The van der Waals surface area contributed by atoms with Gasteiger partial charge in [-0.3, -0.25) is 0 Å². The lowest BCUT2D eigenvalue weighted by Crippen LogP contribution is -2.29. The van der Waals surface area contributed by atoms with E-state index in [9.17, 15) is 0 Å². The summed E-state index contributed by atoms with van der Waals surface area (Å²) in [5.41, 5.74) is 0. The highest BCUT2D eigenvalue weighted by atomic mass is 16.5. The molecule has 2 heteroatoms. The summed E-state index contributed by atoms with van der Waals surface area (Å²) < 4.78 is 5.39. The summed E-state index contributed by atoms with van der Waals surface area (Å²) in [6.45, 7) is 11.6. The Bertz CT molecular complexity index is 115. The second-order valence-electron chi connectivity index (χ2n) is 4.20. The minimum absolute atomic E-state index is 0.599. The van der Waals surface area contributed by atoms with Crippen LogP contribution in [0.25, 0.3) is 0 Å². The van der Waals surface area contributed by atoms with Gasteiger partial charge in [-0.25, -0.2) is 0 Å². The van der Waals surface area contributed by atoms with Gasteiger partial charge in [0.25, 0.3) is 0 Å². The second-order valence-corrected chi connectivity index (χ2v) is 4.20. The van der Waals surface area contributed by atoms with E-state index in [-0.39, 0.29) is 0 Å². The molecule has 0 spiro atoms. The summed E-state index contributed by atoms with van der Waals surface area (Å²) in [5, 5.41) is 3.50. The molecule has 14 heavy (non-hydrogen) atoms. The summed E-state index contributed by atoms with van der Waals surface area (Å²) in [7, 11) is 0. The number of nitrogens with one attached hydrogen (secondary N) is 1. The molecule has 0 heterocycles. The summed E-state index contributed by atoms with van der Waals surface area (Å²) in [4.78, 5) is 0. The predicted octanol–water partition coefficient (Wildman–Crippen LogP) is 2.83. The molecular weight excluding hydrogens is 174 g/mol. The molecule has 1 N–H and O–H groups in total. The molecule has 1 atom stereocenters. The molecule has 0 aromatic carbocycles. The Morgan fingerprint density at radius 1 is 1.14 bits per heavy atom. The fraction of sp³-hybridized carbons (Fsp3) is 1.00. The van der Waals surface area contributed by atoms with E-state index in [2.05, 4.69) is 33.0 Å². The van der Waals surface area contributed by atoms with Crippen LogP contribution in [0, 0.1) is 5.92 Å². The summed E-state index contributed by atoms with van der Waals surface area (Å²) in [5.74, 6) is 0.786. The summed E-state index contributed by atoms with van der Waals surface area (Å²) >= 11 is 0. The van der Waals surface area contributed by atoms with E-state index in [1.54, 1.807) is 0 Å². The van der Waals surface area contributed by atoms with Gasteiger partial charge in [-0.2, -0.15) is 0 Å². The Kier molecular flexibility index (Phi) is 9.42. The molecule has 86 valence electrons. The van der Waals surface area contributed by atoms with E-state index in [0.717, 1.165) is 25.7 Å². The second kappa shape index (κ2) is 9.47. The minimum Gasteiger partial charge on any atom is -0.382 e. The molecule has 0 bridgehead atoms. The third-order valence-electron chi connectivity index (χ3n) is 2.39. The molecule has 0 aliphatic carbocycles. The Morgan fingerprint density at radius 2 is 1.86 bits per heavy atom. The van der Waals surface area contributed by atoms with Crippen LogP contribution in [0.3, 0.4) is 0 Å². The van der Waals surface area contributed by atoms with E-state index in [0.29, 0.717) is 6.04 Å². The quantitative estimate of drug-likeness (QED) is 0.579. The van der Waals surface area contributed by atoms with Crippen LogP contribution in [0.1, 0.15) is 47.0 Å². The van der Waals surface area contributed by atoms with Gasteiger partial charge in [0.05, 0.1) is 0 Å². The predicted molar refractivity (Wildman–Crippen MR) is 62.6 cm³/mol. The van der Waals surface area contributed by atoms with Gasteiger partial charge >= 0.3 is 0 Å². The van der Waals surface area contributed by atoms with Crippen molar-refractivity contribution in [2.75, 3.05) is 19.8 Å². The van der Waals surface area contributed by atoms with Crippen LogP contribution in [0.2, 0.25) is 0 Å². The molecule has 0 saturated carbocycles. The average molecular weight is 201 g/mol. The third-order valence-corrected chi connectivity index (χ3v) is 2.39. The van der Waals surface area contributed by atoms with Gasteiger partial charge in [0.15, 0.2) is 0 Å². The molecule has 0 aromatic rings. The van der Waals surface area contributed by atoms with Crippen molar-refractivity contribution < 1.29 is 4.74 Å². The Morgan fingerprint density at radius 3 is 2.36 bits per heavy atom. The van der Waals surface area contributed by atoms with Crippen molar-refractivity contribution in [2.45, 2.75) is 53.0 Å². The van der Waals surface area contributed by atoms with Crippen LogP contribution in [-0.4, -0.2) is 25.8 Å². The van der Waals surface area contributed by atoms with Crippen molar-refractivity contribution in [2.24, 2.45) is 5.92 Å². The van der Waals surface area contributed by atoms with Crippen LogP contribution in [0.5, 0.6) is 0 Å². The third kappa shape index (κ3) is 8.52. The smallest absolute Gasteiger partial charge is 0.0469 e. The number of hydrogen-bond acceptors (Lipinski definition) is 2. The van der Waals surface area contributed by atoms with E-state index >= 15 is 0 Å². The summed E-state index contributed by atoms with van der Waals surface area (Å²) in [6.07, 6.45) is 3.78. The zero-order chi connectivity index (χ0) is 10.8. The fourth-order valence-electron chi connectivity index (χ4n) is 1.55. The van der Waals surface area contributed by atoms with Crippen LogP contribution in [0.15, 0.2) is 0 Å². The lowest BCUT2D eigenvalue weighted by atomic mass is 10.00. The van der Waals surface area contributed by atoms with E-state index in [4.69, 9.17) is 4.74 Å². The zero-order valence-corrected chi connectivity index (χ0v) is 10.3. The fourth-order valence-corrected chi connectivity index (χ4v) is 1.55. The standard InChI is InChI=1S/C12H27NO/c1-5-7-12(8-9-14-6-2)10-13-11(3)4/h11-13H,5-10H2,1-4H3. The topological polar surface area (TPSA) is 21.3 Å². The molecule has 0 saturated heterocycles. The normalized spacial score (nSPS) is 13.5. The monoisotopic (exact) mass is 201 g/mol. The summed E-state index contributed by atoms with van der Waals surface area (Å²) in [6, 6.07) is 0.599. The van der Waals surface area contributed by atoms with Gasteiger partial charge in [-0.1, -0.05) is 27.2 Å². The van der Waals surface area contributed by atoms with E-state index < -0.39 is 0 Å². The van der Waals surface area contributed by atoms with E-state index in [1.807, 2.05) is 0 Å². The molecule has 1 unspecified atom stereocenters. The van der Waals surface area contributed by atoms with E-state index in [1.165, 1.54) is 19.3 Å². The number of rotatable bonds is 9. The van der Waals surface area contributed by atoms with Gasteiger partial charge in [-0.05, 0) is 32.2 Å². The highest BCUT2D eigenvalue weighted by Crippen LogP contribution is 2.10. The molecule has 0 aromatic heterocycles. The van der Waals surface area contributed by atoms with Crippen molar-refractivity contribution in [3.05, 3.63) is 0 Å². The highest BCUT2D eigenvalue weighted by molar-refractivity contribution is 4.64. The molecule has 0 aliphatic rings. The SMILES string of the molecule is CCCC(CCOCC)CNC(C)C. The van der Waals surface area contributed by atoms with Crippen LogP contribution in [-0.2, 0) is 4.74 Å². The van der Waals surface area contributed by atoms with Crippen LogP contribution < -0.4 is 5.32 Å². The maximum atomic E-state index is 5.39. The van der Waals surface area contributed by atoms with Crippen molar-refractivity contribution in [3.63, 3.8) is 0 Å². The molecule has 0 radical (unpaired) electrons. The first kappa shape index (κ1) is 13.9. The largest absolute Gasteiger partial charge is 0.382 e.